The van der Waals surface area contributed by atoms with E-state index < -0.39 is 0 Å². The van der Waals surface area contributed by atoms with Gasteiger partial charge in [-0.25, -0.2) is 0 Å². The minimum absolute atomic E-state index is 0.0191. The number of carbonyl (C=O) groups is 2. The minimum Gasteiger partial charge on any atom is -0.393 e. The molecule has 0 bridgehead atoms. The van der Waals surface area contributed by atoms with E-state index in [1.165, 1.54) is 0 Å². The van der Waals surface area contributed by atoms with Gasteiger partial charge in [-0.05, 0) is 56.4 Å². The lowest BCUT2D eigenvalue weighted by molar-refractivity contribution is -0.136. The topological polar surface area (TPSA) is 57.6 Å². The predicted octanol–water partition coefficient (Wildman–Crippen LogP) is 2.92. The molecule has 5 heteroatoms. The van der Waals surface area contributed by atoms with E-state index in [0.717, 1.165) is 12.8 Å². The van der Waals surface area contributed by atoms with Gasteiger partial charge in [0.2, 0.25) is 5.91 Å². The molecule has 2 atom stereocenters. The predicted molar refractivity (Wildman–Crippen MR) is 88.4 cm³/mol. The van der Waals surface area contributed by atoms with Crippen LogP contribution in [-0.4, -0.2) is 40.9 Å². The first-order valence-electron chi connectivity index (χ1n) is 8.31. The fourth-order valence-electron chi connectivity index (χ4n) is 3.65. The summed E-state index contributed by atoms with van der Waals surface area (Å²) >= 11 is 5.86. The summed E-state index contributed by atoms with van der Waals surface area (Å²) < 4.78 is 0. The number of hydrogen-bond donors (Lipinski definition) is 1. The summed E-state index contributed by atoms with van der Waals surface area (Å²) in [6, 6.07) is 7.00. The summed E-state index contributed by atoms with van der Waals surface area (Å²) in [6.45, 7) is 1.27. The number of likely N-dealkylation sites (tertiary alicyclic amines) is 1. The Bertz CT molecular complexity index is 578. The van der Waals surface area contributed by atoms with Gasteiger partial charge in [-0.2, -0.15) is 0 Å². The van der Waals surface area contributed by atoms with Crippen LogP contribution in [0.2, 0.25) is 5.02 Å². The Balaban J connectivity index is 1.54. The highest BCUT2D eigenvalue weighted by atomic mass is 35.5. The van der Waals surface area contributed by atoms with E-state index in [2.05, 4.69) is 0 Å². The number of nitrogens with zero attached hydrogens (tertiary/aromatic N) is 1. The number of Topliss-reactive ketones (excluding diaryl/α,β-unsaturated/α-hetero) is 1. The van der Waals surface area contributed by atoms with Crippen LogP contribution in [0, 0.1) is 11.8 Å². The van der Waals surface area contributed by atoms with Gasteiger partial charge in [-0.3, -0.25) is 9.59 Å². The van der Waals surface area contributed by atoms with Crippen molar-refractivity contribution in [3.05, 3.63) is 34.9 Å². The number of amides is 1. The minimum atomic E-state index is -0.326. The molecule has 23 heavy (non-hydrogen) atoms. The SMILES string of the molecule is O=C(c1ccc(Cl)cc1)C1CCN(C(=O)[C@@H]2CC[C@@H](O)C2)CC1. The summed E-state index contributed by atoms with van der Waals surface area (Å²) in [5.41, 5.74) is 0.693. The van der Waals surface area contributed by atoms with Crippen LogP contribution in [0.5, 0.6) is 0 Å². The van der Waals surface area contributed by atoms with Crippen molar-refractivity contribution in [2.24, 2.45) is 11.8 Å². The van der Waals surface area contributed by atoms with Gasteiger partial charge in [0, 0.05) is 35.5 Å². The maximum atomic E-state index is 12.5. The molecule has 0 radical (unpaired) electrons. The molecule has 1 aromatic rings. The first-order valence-corrected chi connectivity index (χ1v) is 8.69. The van der Waals surface area contributed by atoms with Crippen molar-refractivity contribution in [3.8, 4) is 0 Å². The monoisotopic (exact) mass is 335 g/mol. The zero-order valence-electron chi connectivity index (χ0n) is 13.1. The number of ketones is 1. The molecule has 124 valence electrons. The number of aliphatic hydroxyl groups excluding tert-OH is 1. The van der Waals surface area contributed by atoms with Crippen molar-refractivity contribution in [1.82, 2.24) is 4.90 Å². The van der Waals surface area contributed by atoms with Gasteiger partial charge in [0.25, 0.3) is 0 Å². The maximum Gasteiger partial charge on any atom is 0.225 e. The molecule has 0 unspecified atom stereocenters. The average Bonchev–Trinajstić information content (AvgIpc) is 3.01. The lowest BCUT2D eigenvalue weighted by Gasteiger charge is -2.33. The standard InChI is InChI=1S/C18H22ClNO3/c19-15-4-1-12(2-5-15)17(22)13-7-9-20(10-8-13)18(23)14-3-6-16(21)11-14/h1-2,4-5,13-14,16,21H,3,6-11H2/t14-,16-/m1/s1. The van der Waals surface area contributed by atoms with Gasteiger partial charge in [0.1, 0.15) is 0 Å². The number of hydrogen-bond acceptors (Lipinski definition) is 3. The third-order valence-electron chi connectivity index (χ3n) is 5.06. The lowest BCUT2D eigenvalue weighted by Crippen LogP contribution is -2.42. The summed E-state index contributed by atoms with van der Waals surface area (Å²) in [4.78, 5) is 26.8. The molecule has 1 saturated heterocycles. The molecular formula is C18H22ClNO3. The summed E-state index contributed by atoms with van der Waals surface area (Å²) in [5.74, 6) is 0.243. The molecule has 1 aromatic carbocycles. The van der Waals surface area contributed by atoms with Gasteiger partial charge in [0.05, 0.1) is 6.10 Å². The van der Waals surface area contributed by atoms with E-state index in [1.54, 1.807) is 24.3 Å². The Hall–Kier alpha value is -1.39. The molecule has 2 fully saturated rings. The molecular weight excluding hydrogens is 314 g/mol. The van der Waals surface area contributed by atoms with Crippen LogP contribution in [-0.2, 0) is 4.79 Å². The third-order valence-corrected chi connectivity index (χ3v) is 5.31. The number of piperidine rings is 1. The zero-order chi connectivity index (χ0) is 16.4. The number of carbonyl (C=O) groups excluding carboxylic acids is 2. The molecule has 1 aliphatic heterocycles. The normalized spacial score (nSPS) is 25.6. The molecule has 1 N–H and O–H groups in total. The Morgan fingerprint density at radius 3 is 2.22 bits per heavy atom. The lowest BCUT2D eigenvalue weighted by atomic mass is 9.88. The van der Waals surface area contributed by atoms with E-state index in [4.69, 9.17) is 11.6 Å². The molecule has 1 aliphatic carbocycles. The zero-order valence-corrected chi connectivity index (χ0v) is 13.8. The summed E-state index contributed by atoms with van der Waals surface area (Å²) in [6.07, 6.45) is 3.19. The van der Waals surface area contributed by atoms with Gasteiger partial charge < -0.3 is 10.0 Å². The number of halogens is 1. The molecule has 1 saturated carbocycles. The van der Waals surface area contributed by atoms with Crippen molar-refractivity contribution < 1.29 is 14.7 Å². The fourth-order valence-corrected chi connectivity index (χ4v) is 3.78. The van der Waals surface area contributed by atoms with Gasteiger partial charge in [-0.1, -0.05) is 11.6 Å². The molecule has 1 amide bonds. The highest BCUT2D eigenvalue weighted by Gasteiger charge is 2.34. The Morgan fingerprint density at radius 2 is 1.65 bits per heavy atom. The van der Waals surface area contributed by atoms with E-state index >= 15 is 0 Å². The molecule has 3 rings (SSSR count). The van der Waals surface area contributed by atoms with E-state index in [-0.39, 0.29) is 29.6 Å². The van der Waals surface area contributed by atoms with Crippen LogP contribution in [0.25, 0.3) is 0 Å². The summed E-state index contributed by atoms with van der Waals surface area (Å²) in [5, 5.41) is 10.2. The molecule has 0 aromatic heterocycles. The fraction of sp³-hybridized carbons (Fsp3) is 0.556. The second-order valence-electron chi connectivity index (χ2n) is 6.63. The van der Waals surface area contributed by atoms with Crippen LogP contribution in [0.4, 0.5) is 0 Å². The number of rotatable bonds is 3. The maximum absolute atomic E-state index is 12.5. The van der Waals surface area contributed by atoms with Crippen molar-refractivity contribution in [2.45, 2.75) is 38.2 Å². The second-order valence-corrected chi connectivity index (χ2v) is 7.07. The molecule has 2 aliphatic rings. The van der Waals surface area contributed by atoms with Crippen LogP contribution < -0.4 is 0 Å². The van der Waals surface area contributed by atoms with Crippen LogP contribution in [0.3, 0.4) is 0 Å². The first-order chi connectivity index (χ1) is 11.0. The Kier molecular flexibility index (Phi) is 5.02. The third kappa shape index (κ3) is 3.75. The number of benzene rings is 1. The highest BCUT2D eigenvalue weighted by molar-refractivity contribution is 6.30. The van der Waals surface area contributed by atoms with Gasteiger partial charge >= 0.3 is 0 Å². The second kappa shape index (κ2) is 7.02. The van der Waals surface area contributed by atoms with E-state index in [9.17, 15) is 14.7 Å². The van der Waals surface area contributed by atoms with Crippen molar-refractivity contribution in [3.63, 3.8) is 0 Å². The largest absolute Gasteiger partial charge is 0.393 e. The van der Waals surface area contributed by atoms with E-state index in [0.29, 0.717) is 42.9 Å². The first kappa shape index (κ1) is 16.5. The van der Waals surface area contributed by atoms with Crippen molar-refractivity contribution in [1.29, 1.82) is 0 Å². The van der Waals surface area contributed by atoms with Crippen LogP contribution in [0.15, 0.2) is 24.3 Å². The number of aliphatic hydroxyl groups is 1. The molecule has 4 nitrogen and oxygen atoms in total. The highest BCUT2D eigenvalue weighted by Crippen LogP contribution is 2.29. The quantitative estimate of drug-likeness (QED) is 0.864. The summed E-state index contributed by atoms with van der Waals surface area (Å²) in [7, 11) is 0. The Morgan fingerprint density at radius 1 is 1.00 bits per heavy atom. The van der Waals surface area contributed by atoms with Crippen LogP contribution in [0.1, 0.15) is 42.5 Å². The van der Waals surface area contributed by atoms with E-state index in [1.807, 2.05) is 4.90 Å². The van der Waals surface area contributed by atoms with Crippen molar-refractivity contribution >= 4 is 23.3 Å². The average molecular weight is 336 g/mol. The Labute approximate surface area is 141 Å². The molecule has 0 spiro atoms. The molecule has 1 heterocycles. The van der Waals surface area contributed by atoms with Crippen LogP contribution >= 0.6 is 11.6 Å². The van der Waals surface area contributed by atoms with Crippen molar-refractivity contribution in [2.75, 3.05) is 13.1 Å². The van der Waals surface area contributed by atoms with Gasteiger partial charge in [-0.15, -0.1) is 0 Å². The smallest absolute Gasteiger partial charge is 0.225 e. The van der Waals surface area contributed by atoms with Gasteiger partial charge in [0.15, 0.2) is 5.78 Å².